The van der Waals surface area contributed by atoms with Gasteiger partial charge in [0.1, 0.15) is 0 Å². The Kier molecular flexibility index (Phi) is 4.50. The SMILES string of the molecule is C=C1CC[C@@]2(OC1)O[C@H]1C[C@H]3[C@@H]4CC=C5C[C@@H](O)C[C@@H](O)[C@]5(C)[C@H]4CC[C@]3(C)[C@H]1[C@@H]2C. The average Bonchev–Trinajstić information content (AvgIpc) is 3.16. The lowest BCUT2D eigenvalue weighted by atomic mass is 9.46. The van der Waals surface area contributed by atoms with Crippen LogP contribution in [-0.4, -0.2) is 40.9 Å². The number of rotatable bonds is 0. The summed E-state index contributed by atoms with van der Waals surface area (Å²) in [6.45, 7) is 12.0. The molecule has 4 aliphatic carbocycles. The van der Waals surface area contributed by atoms with Crippen molar-refractivity contribution in [3.05, 3.63) is 23.8 Å². The van der Waals surface area contributed by atoms with E-state index in [9.17, 15) is 10.2 Å². The molecule has 11 atom stereocenters. The van der Waals surface area contributed by atoms with Gasteiger partial charge in [-0.1, -0.05) is 44.6 Å². The van der Waals surface area contributed by atoms with Crippen LogP contribution < -0.4 is 0 Å². The quantitative estimate of drug-likeness (QED) is 0.554. The first-order valence-electron chi connectivity index (χ1n) is 12.7. The zero-order valence-corrected chi connectivity index (χ0v) is 19.5. The molecule has 172 valence electrons. The molecular weight excluding hydrogens is 388 g/mol. The molecule has 2 N–H and O–H groups in total. The fraction of sp³-hybridized carbons (Fsp3) is 0.852. The van der Waals surface area contributed by atoms with Crippen molar-refractivity contribution < 1.29 is 19.7 Å². The van der Waals surface area contributed by atoms with Gasteiger partial charge in [-0.05, 0) is 67.6 Å². The highest BCUT2D eigenvalue weighted by molar-refractivity contribution is 5.28. The number of fused-ring (bicyclic) bond motifs is 7. The van der Waals surface area contributed by atoms with Crippen molar-refractivity contribution in [3.8, 4) is 0 Å². The third-order valence-electron chi connectivity index (χ3n) is 11.2. The van der Waals surface area contributed by atoms with Gasteiger partial charge in [0.2, 0.25) is 0 Å². The monoisotopic (exact) mass is 428 g/mol. The van der Waals surface area contributed by atoms with E-state index in [2.05, 4.69) is 33.4 Å². The smallest absolute Gasteiger partial charge is 0.172 e. The van der Waals surface area contributed by atoms with Gasteiger partial charge >= 0.3 is 0 Å². The van der Waals surface area contributed by atoms with Crippen LogP contribution in [0.5, 0.6) is 0 Å². The highest BCUT2D eigenvalue weighted by Crippen LogP contribution is 2.70. The van der Waals surface area contributed by atoms with Gasteiger partial charge in [0, 0.05) is 24.2 Å². The average molecular weight is 429 g/mol. The first kappa shape index (κ1) is 20.9. The largest absolute Gasteiger partial charge is 0.393 e. The molecule has 2 aliphatic heterocycles. The maximum atomic E-state index is 11.1. The van der Waals surface area contributed by atoms with Crippen LogP contribution in [0.3, 0.4) is 0 Å². The van der Waals surface area contributed by atoms with Gasteiger partial charge in [0.25, 0.3) is 0 Å². The summed E-state index contributed by atoms with van der Waals surface area (Å²) in [6.07, 6.45) is 9.75. The van der Waals surface area contributed by atoms with E-state index in [0.29, 0.717) is 48.7 Å². The third kappa shape index (κ3) is 2.62. The molecule has 0 unspecified atom stereocenters. The van der Waals surface area contributed by atoms with Crippen LogP contribution in [0.2, 0.25) is 0 Å². The molecule has 0 bridgehead atoms. The Hall–Kier alpha value is -0.680. The summed E-state index contributed by atoms with van der Waals surface area (Å²) in [6, 6.07) is 0. The van der Waals surface area contributed by atoms with Crippen molar-refractivity contribution in [2.75, 3.05) is 6.61 Å². The number of aliphatic hydroxyl groups excluding tert-OH is 2. The zero-order chi connectivity index (χ0) is 21.8. The third-order valence-corrected chi connectivity index (χ3v) is 11.2. The van der Waals surface area contributed by atoms with Crippen molar-refractivity contribution in [3.63, 3.8) is 0 Å². The normalized spacial score (nSPS) is 58.4. The number of allylic oxidation sites excluding steroid dienone is 1. The standard InChI is InChI=1S/C27H40O4/c1-15-7-10-27(30-14-15)16(2)24-22(31-27)13-21-19-6-5-17-11-18(28)12-23(29)26(17,4)20(19)8-9-25(21,24)3/h5,16,18-24,28-29H,1,6-14H2,2-4H3/t16-,18+,19+,20-,21-,22-,23+,24-,25-,26-,27+/m0/s1. The summed E-state index contributed by atoms with van der Waals surface area (Å²) in [5.74, 6) is 2.35. The summed E-state index contributed by atoms with van der Waals surface area (Å²) in [5.41, 5.74) is 2.63. The lowest BCUT2D eigenvalue weighted by molar-refractivity contribution is -0.255. The Balaban J connectivity index is 1.30. The number of aliphatic hydroxyl groups is 2. The molecule has 1 spiro atoms. The highest BCUT2D eigenvalue weighted by atomic mass is 16.7. The molecule has 0 aromatic rings. The molecule has 0 aromatic carbocycles. The zero-order valence-electron chi connectivity index (χ0n) is 19.5. The van der Waals surface area contributed by atoms with Gasteiger partial charge < -0.3 is 19.7 Å². The summed E-state index contributed by atoms with van der Waals surface area (Å²) in [7, 11) is 0. The molecule has 31 heavy (non-hydrogen) atoms. The minimum atomic E-state index is -0.428. The van der Waals surface area contributed by atoms with Gasteiger partial charge in [0.05, 0.1) is 24.9 Å². The van der Waals surface area contributed by atoms with Crippen LogP contribution in [0, 0.1) is 40.4 Å². The van der Waals surface area contributed by atoms with Crippen molar-refractivity contribution in [2.24, 2.45) is 40.4 Å². The lowest BCUT2D eigenvalue weighted by Gasteiger charge is -2.59. The minimum absolute atomic E-state index is 0.165. The summed E-state index contributed by atoms with van der Waals surface area (Å²) in [4.78, 5) is 0. The molecular formula is C27H40O4. The van der Waals surface area contributed by atoms with E-state index in [-0.39, 0.29) is 16.9 Å². The Morgan fingerprint density at radius 3 is 2.68 bits per heavy atom. The van der Waals surface area contributed by atoms with E-state index in [1.54, 1.807) is 0 Å². The molecule has 6 aliphatic rings. The van der Waals surface area contributed by atoms with Crippen LogP contribution in [0.25, 0.3) is 0 Å². The Labute approximate surface area is 187 Å². The number of hydrogen-bond acceptors (Lipinski definition) is 4. The fourth-order valence-corrected chi connectivity index (χ4v) is 9.55. The van der Waals surface area contributed by atoms with E-state index in [4.69, 9.17) is 9.47 Å². The minimum Gasteiger partial charge on any atom is -0.393 e. The molecule has 2 heterocycles. The molecule has 4 nitrogen and oxygen atoms in total. The van der Waals surface area contributed by atoms with E-state index < -0.39 is 11.9 Å². The van der Waals surface area contributed by atoms with Crippen LogP contribution in [0.4, 0.5) is 0 Å². The summed E-state index contributed by atoms with van der Waals surface area (Å²) < 4.78 is 13.2. The van der Waals surface area contributed by atoms with Gasteiger partial charge in [-0.25, -0.2) is 0 Å². The first-order chi connectivity index (χ1) is 14.7. The molecule has 3 saturated carbocycles. The molecule has 0 amide bonds. The van der Waals surface area contributed by atoms with Crippen LogP contribution >= 0.6 is 0 Å². The number of hydrogen-bond donors (Lipinski definition) is 2. The van der Waals surface area contributed by atoms with Gasteiger partial charge in [0.15, 0.2) is 5.79 Å². The molecule has 6 rings (SSSR count). The topological polar surface area (TPSA) is 58.9 Å². The second-order valence-corrected chi connectivity index (χ2v) is 12.3. The summed E-state index contributed by atoms with van der Waals surface area (Å²) >= 11 is 0. The summed E-state index contributed by atoms with van der Waals surface area (Å²) in [5, 5.41) is 21.4. The second-order valence-electron chi connectivity index (χ2n) is 12.3. The molecule has 0 radical (unpaired) electrons. The van der Waals surface area contributed by atoms with E-state index >= 15 is 0 Å². The maximum absolute atomic E-state index is 11.1. The number of ether oxygens (including phenoxy) is 2. The molecule has 5 fully saturated rings. The van der Waals surface area contributed by atoms with Crippen molar-refractivity contribution in [2.45, 2.75) is 96.2 Å². The van der Waals surface area contributed by atoms with Gasteiger partial charge in [-0.15, -0.1) is 0 Å². The lowest BCUT2D eigenvalue weighted by Crippen LogP contribution is -2.56. The van der Waals surface area contributed by atoms with Crippen LogP contribution in [0.15, 0.2) is 23.8 Å². The predicted octanol–water partition coefficient (Wildman–Crippen LogP) is 4.60. The van der Waals surface area contributed by atoms with Gasteiger partial charge in [-0.2, -0.15) is 0 Å². The van der Waals surface area contributed by atoms with E-state index in [0.717, 1.165) is 32.1 Å². The molecule has 2 saturated heterocycles. The van der Waals surface area contributed by atoms with E-state index in [1.165, 1.54) is 24.0 Å². The van der Waals surface area contributed by atoms with Gasteiger partial charge in [-0.3, -0.25) is 0 Å². The van der Waals surface area contributed by atoms with Crippen LogP contribution in [0.1, 0.15) is 72.1 Å². The van der Waals surface area contributed by atoms with Crippen molar-refractivity contribution in [1.29, 1.82) is 0 Å². The maximum Gasteiger partial charge on any atom is 0.172 e. The first-order valence-corrected chi connectivity index (χ1v) is 12.7. The second kappa shape index (κ2) is 6.68. The Morgan fingerprint density at radius 1 is 1.13 bits per heavy atom. The molecule has 4 heteroatoms. The van der Waals surface area contributed by atoms with E-state index in [1.807, 2.05) is 0 Å². The Bertz CT molecular complexity index is 808. The van der Waals surface area contributed by atoms with Crippen molar-refractivity contribution in [1.82, 2.24) is 0 Å². The molecule has 0 aromatic heterocycles. The van der Waals surface area contributed by atoms with Crippen LogP contribution in [-0.2, 0) is 9.47 Å². The van der Waals surface area contributed by atoms with Crippen molar-refractivity contribution >= 4 is 0 Å². The fourth-order valence-electron chi connectivity index (χ4n) is 9.55. The Morgan fingerprint density at radius 2 is 1.94 bits per heavy atom. The predicted molar refractivity (Wildman–Crippen MR) is 119 cm³/mol. The highest BCUT2D eigenvalue weighted by Gasteiger charge is 2.69.